The number of anilines is 1. The SMILES string of the molecule is CCCOC(=O)[C@H]1[C@@H]2C=C[C@]3(CN(c4ccc(Cl)cc4)C(=O)[C@H]13)O2. The summed E-state index contributed by atoms with van der Waals surface area (Å²) in [4.78, 5) is 27.1. The summed E-state index contributed by atoms with van der Waals surface area (Å²) in [6.45, 7) is 2.71. The van der Waals surface area contributed by atoms with Gasteiger partial charge >= 0.3 is 5.97 Å². The molecule has 1 aromatic carbocycles. The van der Waals surface area contributed by atoms with Crippen LogP contribution in [0, 0.1) is 11.8 Å². The van der Waals surface area contributed by atoms with Crippen LogP contribution in [-0.2, 0) is 19.1 Å². The number of fused-ring (bicyclic) bond motifs is 1. The molecule has 4 rings (SSSR count). The van der Waals surface area contributed by atoms with Crippen molar-refractivity contribution in [2.24, 2.45) is 11.8 Å². The predicted molar refractivity (Wildman–Crippen MR) is 88.8 cm³/mol. The summed E-state index contributed by atoms with van der Waals surface area (Å²) >= 11 is 5.92. The van der Waals surface area contributed by atoms with Gasteiger partial charge in [-0.25, -0.2) is 0 Å². The summed E-state index contributed by atoms with van der Waals surface area (Å²) in [6.07, 6.45) is 4.20. The van der Waals surface area contributed by atoms with E-state index < -0.39 is 17.4 Å². The number of nitrogens with zero attached hydrogens (tertiary/aromatic N) is 1. The Morgan fingerprint density at radius 2 is 2.17 bits per heavy atom. The molecule has 3 aliphatic heterocycles. The second-order valence-corrected chi connectivity index (χ2v) is 6.90. The van der Waals surface area contributed by atoms with Crippen molar-refractivity contribution in [3.63, 3.8) is 0 Å². The average Bonchev–Trinajstić information content (AvgIpc) is 3.22. The highest BCUT2D eigenvalue weighted by Gasteiger charge is 2.67. The fraction of sp³-hybridized carbons (Fsp3) is 0.444. The van der Waals surface area contributed by atoms with Crippen molar-refractivity contribution in [2.45, 2.75) is 25.0 Å². The van der Waals surface area contributed by atoms with Crippen molar-refractivity contribution >= 4 is 29.2 Å². The summed E-state index contributed by atoms with van der Waals surface area (Å²) in [5.41, 5.74) is 0.0337. The van der Waals surface area contributed by atoms with Gasteiger partial charge in [-0.1, -0.05) is 30.7 Å². The van der Waals surface area contributed by atoms with Crippen LogP contribution in [0.4, 0.5) is 5.69 Å². The largest absolute Gasteiger partial charge is 0.465 e. The van der Waals surface area contributed by atoms with E-state index in [4.69, 9.17) is 21.1 Å². The van der Waals surface area contributed by atoms with Crippen molar-refractivity contribution in [3.8, 4) is 0 Å². The lowest BCUT2D eigenvalue weighted by Crippen LogP contribution is -2.40. The molecule has 2 bridgehead atoms. The Morgan fingerprint density at radius 3 is 2.88 bits per heavy atom. The van der Waals surface area contributed by atoms with E-state index in [1.54, 1.807) is 29.2 Å². The van der Waals surface area contributed by atoms with Gasteiger partial charge in [0.15, 0.2) is 0 Å². The summed E-state index contributed by atoms with van der Waals surface area (Å²) < 4.78 is 11.3. The van der Waals surface area contributed by atoms with Gasteiger partial charge in [0.2, 0.25) is 5.91 Å². The lowest BCUT2D eigenvalue weighted by molar-refractivity contribution is -0.152. The second-order valence-electron chi connectivity index (χ2n) is 6.47. The highest BCUT2D eigenvalue weighted by molar-refractivity contribution is 6.30. The molecule has 1 spiro atoms. The number of carbonyl (C=O) groups excluding carboxylic acids is 2. The number of ether oxygens (including phenoxy) is 2. The smallest absolute Gasteiger partial charge is 0.312 e. The second kappa shape index (κ2) is 5.60. The summed E-state index contributed by atoms with van der Waals surface area (Å²) in [7, 11) is 0. The molecule has 6 heteroatoms. The first-order valence-corrected chi connectivity index (χ1v) is 8.54. The number of halogens is 1. The van der Waals surface area contributed by atoms with E-state index in [-0.39, 0.29) is 18.0 Å². The zero-order valence-electron chi connectivity index (χ0n) is 13.3. The maximum Gasteiger partial charge on any atom is 0.312 e. The third-order valence-electron chi connectivity index (χ3n) is 4.96. The van der Waals surface area contributed by atoms with Crippen LogP contribution in [0.2, 0.25) is 5.02 Å². The molecule has 0 saturated carbocycles. The Hall–Kier alpha value is -1.85. The average molecular weight is 348 g/mol. The molecule has 24 heavy (non-hydrogen) atoms. The van der Waals surface area contributed by atoms with Crippen LogP contribution in [0.3, 0.4) is 0 Å². The van der Waals surface area contributed by atoms with Crippen LogP contribution < -0.4 is 4.90 Å². The molecule has 0 N–H and O–H groups in total. The first-order valence-electron chi connectivity index (χ1n) is 8.16. The number of hydrogen-bond donors (Lipinski definition) is 0. The van der Waals surface area contributed by atoms with E-state index >= 15 is 0 Å². The Bertz CT molecular complexity index is 716. The fourth-order valence-electron chi connectivity index (χ4n) is 3.91. The van der Waals surface area contributed by atoms with E-state index in [1.807, 2.05) is 19.1 Å². The van der Waals surface area contributed by atoms with E-state index in [2.05, 4.69) is 0 Å². The van der Waals surface area contributed by atoms with E-state index in [0.29, 0.717) is 18.2 Å². The fourth-order valence-corrected chi connectivity index (χ4v) is 4.03. The molecule has 0 aliphatic carbocycles. The van der Waals surface area contributed by atoms with Crippen LogP contribution >= 0.6 is 11.6 Å². The molecule has 2 saturated heterocycles. The molecule has 5 nitrogen and oxygen atoms in total. The quantitative estimate of drug-likeness (QED) is 0.620. The first kappa shape index (κ1) is 15.7. The topological polar surface area (TPSA) is 55.8 Å². The zero-order valence-corrected chi connectivity index (χ0v) is 14.0. The minimum atomic E-state index is -0.725. The number of benzene rings is 1. The number of esters is 1. The lowest BCUT2D eigenvalue weighted by atomic mass is 9.77. The van der Waals surface area contributed by atoms with E-state index in [0.717, 1.165) is 12.1 Å². The summed E-state index contributed by atoms with van der Waals surface area (Å²) in [5, 5.41) is 0.613. The minimum absolute atomic E-state index is 0.0948. The van der Waals surface area contributed by atoms with Gasteiger partial charge in [-0.15, -0.1) is 0 Å². The van der Waals surface area contributed by atoms with Gasteiger partial charge in [-0.2, -0.15) is 0 Å². The molecule has 2 fully saturated rings. The molecule has 3 heterocycles. The molecular weight excluding hydrogens is 330 g/mol. The predicted octanol–water partition coefficient (Wildman–Crippen LogP) is 2.58. The Labute approximate surface area is 145 Å². The molecule has 0 aromatic heterocycles. The lowest BCUT2D eigenvalue weighted by Gasteiger charge is -2.22. The van der Waals surface area contributed by atoms with Crippen molar-refractivity contribution in [2.75, 3.05) is 18.1 Å². The van der Waals surface area contributed by atoms with Gasteiger partial charge in [0.1, 0.15) is 11.5 Å². The monoisotopic (exact) mass is 347 g/mol. The zero-order chi connectivity index (χ0) is 16.9. The standard InChI is InChI=1S/C18H18ClNO4/c1-2-9-23-17(22)14-13-7-8-18(24-13)10-20(16(21)15(14)18)12-5-3-11(19)4-6-12/h3-8,13-15H,2,9-10H2,1H3/t13-,14-,15-,18+/m0/s1. The molecule has 0 unspecified atom stereocenters. The highest BCUT2D eigenvalue weighted by Crippen LogP contribution is 2.52. The van der Waals surface area contributed by atoms with Gasteiger partial charge in [-0.05, 0) is 30.7 Å². The highest BCUT2D eigenvalue weighted by atomic mass is 35.5. The minimum Gasteiger partial charge on any atom is -0.465 e. The van der Waals surface area contributed by atoms with E-state index in [1.165, 1.54) is 0 Å². The van der Waals surface area contributed by atoms with Gasteiger partial charge < -0.3 is 14.4 Å². The van der Waals surface area contributed by atoms with Crippen molar-refractivity contribution in [1.82, 2.24) is 0 Å². The van der Waals surface area contributed by atoms with Crippen molar-refractivity contribution < 1.29 is 19.1 Å². The van der Waals surface area contributed by atoms with Crippen LogP contribution in [0.15, 0.2) is 36.4 Å². The van der Waals surface area contributed by atoms with Gasteiger partial charge in [0.05, 0.1) is 25.2 Å². The summed E-state index contributed by atoms with van der Waals surface area (Å²) in [5.74, 6) is -1.52. The number of carbonyl (C=O) groups is 2. The number of rotatable bonds is 4. The molecule has 0 radical (unpaired) electrons. The molecule has 4 atom stereocenters. The molecular formula is C18H18ClNO4. The molecule has 1 amide bonds. The molecule has 3 aliphatic rings. The van der Waals surface area contributed by atoms with Crippen molar-refractivity contribution in [1.29, 1.82) is 0 Å². The molecule has 1 aromatic rings. The van der Waals surface area contributed by atoms with Crippen molar-refractivity contribution in [3.05, 3.63) is 41.4 Å². The van der Waals surface area contributed by atoms with Gasteiger partial charge in [-0.3, -0.25) is 9.59 Å². The molecule has 126 valence electrons. The van der Waals surface area contributed by atoms with Crippen LogP contribution in [0.5, 0.6) is 0 Å². The third kappa shape index (κ3) is 2.19. The normalized spacial score (nSPS) is 33.2. The Balaban J connectivity index is 1.64. The maximum absolute atomic E-state index is 13.0. The van der Waals surface area contributed by atoms with E-state index in [9.17, 15) is 9.59 Å². The number of hydrogen-bond acceptors (Lipinski definition) is 4. The Kier molecular flexibility index (Phi) is 3.66. The Morgan fingerprint density at radius 1 is 1.42 bits per heavy atom. The third-order valence-corrected chi connectivity index (χ3v) is 5.21. The summed E-state index contributed by atoms with van der Waals surface area (Å²) in [6, 6.07) is 7.10. The first-order chi connectivity index (χ1) is 11.6. The van der Waals surface area contributed by atoms with Crippen LogP contribution in [0.1, 0.15) is 13.3 Å². The van der Waals surface area contributed by atoms with Crippen LogP contribution in [0.25, 0.3) is 0 Å². The number of amides is 1. The van der Waals surface area contributed by atoms with Gasteiger partial charge in [0, 0.05) is 10.7 Å². The maximum atomic E-state index is 13.0. The van der Waals surface area contributed by atoms with Gasteiger partial charge in [0.25, 0.3) is 0 Å². The van der Waals surface area contributed by atoms with Crippen LogP contribution in [-0.4, -0.2) is 36.7 Å².